The fourth-order valence-electron chi connectivity index (χ4n) is 1.72. The summed E-state index contributed by atoms with van der Waals surface area (Å²) in [5.74, 6) is 1.40. The van der Waals surface area contributed by atoms with Gasteiger partial charge in [-0.15, -0.1) is 0 Å². The Labute approximate surface area is 115 Å². The summed E-state index contributed by atoms with van der Waals surface area (Å²) in [6.07, 6.45) is -2.61. The van der Waals surface area contributed by atoms with Gasteiger partial charge in [0.1, 0.15) is 23.1 Å². The Balaban J connectivity index is 2.16. The van der Waals surface area contributed by atoms with E-state index in [4.69, 9.17) is 4.74 Å². The van der Waals surface area contributed by atoms with Gasteiger partial charge in [0, 0.05) is 11.8 Å². The lowest BCUT2D eigenvalue weighted by molar-refractivity contribution is 0.145. The van der Waals surface area contributed by atoms with Gasteiger partial charge in [0.2, 0.25) is 0 Å². The minimum absolute atomic E-state index is 0.286. The number of aromatic nitrogens is 2. The lowest BCUT2D eigenvalue weighted by Gasteiger charge is -2.09. The first-order valence-electron chi connectivity index (χ1n) is 6.22. The van der Waals surface area contributed by atoms with E-state index in [2.05, 4.69) is 15.3 Å². The zero-order chi connectivity index (χ0) is 14.5. The zero-order valence-electron chi connectivity index (χ0n) is 11.2. The summed E-state index contributed by atoms with van der Waals surface area (Å²) in [5, 5.41) is 2.97. The average Bonchev–Trinajstić information content (AvgIpc) is 2.40. The molecule has 1 aromatic carbocycles. The van der Waals surface area contributed by atoms with E-state index < -0.39 is 6.43 Å². The van der Waals surface area contributed by atoms with E-state index in [0.717, 1.165) is 11.4 Å². The van der Waals surface area contributed by atoms with Crippen molar-refractivity contribution in [2.45, 2.75) is 20.3 Å². The van der Waals surface area contributed by atoms with Crippen LogP contribution in [0.1, 0.15) is 24.9 Å². The quantitative estimate of drug-likeness (QED) is 0.902. The van der Waals surface area contributed by atoms with Gasteiger partial charge in [-0.25, -0.2) is 18.7 Å². The molecule has 0 atom stereocenters. The molecular formula is C14H15F2N3O. The lowest BCUT2D eigenvalue weighted by atomic mass is 10.3. The van der Waals surface area contributed by atoms with Crippen LogP contribution in [0.4, 0.5) is 20.3 Å². The molecule has 20 heavy (non-hydrogen) atoms. The smallest absolute Gasteiger partial charge is 0.280 e. The molecule has 1 aromatic heterocycles. The number of anilines is 2. The van der Waals surface area contributed by atoms with Gasteiger partial charge in [-0.05, 0) is 38.1 Å². The molecule has 1 N–H and O–H groups in total. The molecule has 0 fully saturated rings. The lowest BCUT2D eigenvalue weighted by Crippen LogP contribution is -2.01. The molecule has 6 heteroatoms. The predicted octanol–water partition coefficient (Wildman–Crippen LogP) is 3.86. The number of aryl methyl sites for hydroxylation is 1. The first-order valence-corrected chi connectivity index (χ1v) is 6.22. The van der Waals surface area contributed by atoms with Gasteiger partial charge >= 0.3 is 0 Å². The van der Waals surface area contributed by atoms with Crippen LogP contribution in [-0.2, 0) is 0 Å². The number of nitrogens with zero attached hydrogens (tertiary/aromatic N) is 2. The van der Waals surface area contributed by atoms with Gasteiger partial charge in [0.25, 0.3) is 6.43 Å². The maximum Gasteiger partial charge on any atom is 0.280 e. The summed E-state index contributed by atoms with van der Waals surface area (Å²) in [7, 11) is 0. The molecule has 1 heterocycles. The maximum absolute atomic E-state index is 12.7. The van der Waals surface area contributed by atoms with Gasteiger partial charge in [-0.3, -0.25) is 0 Å². The molecule has 2 rings (SSSR count). The molecule has 0 aliphatic heterocycles. The van der Waals surface area contributed by atoms with Crippen molar-refractivity contribution in [1.29, 1.82) is 0 Å². The van der Waals surface area contributed by atoms with Crippen LogP contribution in [0.25, 0.3) is 0 Å². The first-order chi connectivity index (χ1) is 9.58. The summed E-state index contributed by atoms with van der Waals surface area (Å²) in [6, 6.07) is 8.44. The Morgan fingerprint density at radius 1 is 1.20 bits per heavy atom. The van der Waals surface area contributed by atoms with Crippen LogP contribution in [-0.4, -0.2) is 16.6 Å². The summed E-state index contributed by atoms with van der Waals surface area (Å²) in [4.78, 5) is 7.78. The minimum atomic E-state index is -2.61. The summed E-state index contributed by atoms with van der Waals surface area (Å²) in [5.41, 5.74) is 0.456. The maximum atomic E-state index is 12.7. The number of ether oxygens (including phenoxy) is 1. The average molecular weight is 279 g/mol. The van der Waals surface area contributed by atoms with E-state index in [1.807, 2.05) is 6.92 Å². The highest BCUT2D eigenvalue weighted by Gasteiger charge is 2.11. The van der Waals surface area contributed by atoms with Crippen LogP contribution in [0, 0.1) is 6.92 Å². The van der Waals surface area contributed by atoms with E-state index in [9.17, 15) is 8.78 Å². The van der Waals surface area contributed by atoms with Crippen LogP contribution in [0.15, 0.2) is 30.3 Å². The normalized spacial score (nSPS) is 10.7. The molecule has 0 amide bonds. The van der Waals surface area contributed by atoms with Gasteiger partial charge in [-0.1, -0.05) is 0 Å². The van der Waals surface area contributed by atoms with Gasteiger partial charge in [0.05, 0.1) is 6.61 Å². The Kier molecular flexibility index (Phi) is 4.45. The Bertz CT molecular complexity index is 573. The molecule has 2 aromatic rings. The molecule has 4 nitrogen and oxygen atoms in total. The van der Waals surface area contributed by atoms with Gasteiger partial charge in [-0.2, -0.15) is 0 Å². The molecule has 0 aliphatic carbocycles. The van der Waals surface area contributed by atoms with Crippen LogP contribution >= 0.6 is 0 Å². The van der Waals surface area contributed by atoms with Crippen LogP contribution in [0.5, 0.6) is 5.75 Å². The molecule has 0 spiro atoms. The third kappa shape index (κ3) is 3.63. The SMILES string of the molecule is CCOc1ccc(Nc2cc(C(F)F)nc(C)n2)cc1. The number of hydrogen-bond acceptors (Lipinski definition) is 4. The van der Waals surface area contributed by atoms with Crippen molar-refractivity contribution in [2.24, 2.45) is 0 Å². The highest BCUT2D eigenvalue weighted by molar-refractivity contribution is 5.57. The highest BCUT2D eigenvalue weighted by Crippen LogP contribution is 2.22. The predicted molar refractivity (Wildman–Crippen MR) is 72.6 cm³/mol. The third-order valence-electron chi connectivity index (χ3n) is 2.52. The Morgan fingerprint density at radius 2 is 1.90 bits per heavy atom. The number of alkyl halides is 2. The second-order valence-electron chi connectivity index (χ2n) is 4.11. The number of rotatable bonds is 5. The first kappa shape index (κ1) is 14.2. The summed E-state index contributed by atoms with van der Waals surface area (Å²) >= 11 is 0. The second-order valence-corrected chi connectivity index (χ2v) is 4.11. The summed E-state index contributed by atoms with van der Waals surface area (Å²) in [6.45, 7) is 4.08. The molecule has 0 bridgehead atoms. The molecule has 0 saturated carbocycles. The number of halogens is 2. The van der Waals surface area contributed by atoms with Gasteiger partial charge < -0.3 is 10.1 Å². The molecule has 106 valence electrons. The van der Waals surface area contributed by atoms with E-state index in [1.165, 1.54) is 6.07 Å². The monoisotopic (exact) mass is 279 g/mol. The molecule has 0 saturated heterocycles. The largest absolute Gasteiger partial charge is 0.494 e. The minimum Gasteiger partial charge on any atom is -0.494 e. The molecule has 0 radical (unpaired) electrons. The second kappa shape index (κ2) is 6.27. The number of nitrogens with one attached hydrogen (secondary N) is 1. The standard InChI is InChI=1S/C14H15F2N3O/c1-3-20-11-6-4-10(5-7-11)19-13-8-12(14(15)16)17-9(2)18-13/h4-8,14H,3H2,1-2H3,(H,17,18,19). The summed E-state index contributed by atoms with van der Waals surface area (Å²) < 4.78 is 30.7. The van der Waals surface area contributed by atoms with E-state index in [1.54, 1.807) is 31.2 Å². The van der Waals surface area contributed by atoms with Crippen molar-refractivity contribution in [3.8, 4) is 5.75 Å². The van der Waals surface area contributed by atoms with Crippen molar-refractivity contribution in [3.05, 3.63) is 41.9 Å². The van der Waals surface area contributed by atoms with Crippen molar-refractivity contribution in [1.82, 2.24) is 9.97 Å². The van der Waals surface area contributed by atoms with Crippen molar-refractivity contribution >= 4 is 11.5 Å². The van der Waals surface area contributed by atoms with Crippen LogP contribution in [0.3, 0.4) is 0 Å². The van der Waals surface area contributed by atoms with E-state index in [0.29, 0.717) is 18.2 Å². The van der Waals surface area contributed by atoms with Crippen LogP contribution in [0.2, 0.25) is 0 Å². The van der Waals surface area contributed by atoms with Crippen molar-refractivity contribution in [3.63, 3.8) is 0 Å². The number of benzene rings is 1. The highest BCUT2D eigenvalue weighted by atomic mass is 19.3. The Morgan fingerprint density at radius 3 is 2.50 bits per heavy atom. The van der Waals surface area contributed by atoms with Gasteiger partial charge in [0.15, 0.2) is 0 Å². The number of hydrogen-bond donors (Lipinski definition) is 1. The fraction of sp³-hybridized carbons (Fsp3) is 0.286. The van der Waals surface area contributed by atoms with Crippen molar-refractivity contribution < 1.29 is 13.5 Å². The fourth-order valence-corrected chi connectivity index (χ4v) is 1.72. The van der Waals surface area contributed by atoms with E-state index >= 15 is 0 Å². The topological polar surface area (TPSA) is 47.0 Å². The zero-order valence-corrected chi connectivity index (χ0v) is 11.2. The Hall–Kier alpha value is -2.24. The van der Waals surface area contributed by atoms with E-state index in [-0.39, 0.29) is 5.69 Å². The van der Waals surface area contributed by atoms with Crippen molar-refractivity contribution in [2.75, 3.05) is 11.9 Å². The molecule has 0 aliphatic rings. The molecular weight excluding hydrogens is 264 g/mol. The molecule has 0 unspecified atom stereocenters. The van der Waals surface area contributed by atoms with Crippen LogP contribution < -0.4 is 10.1 Å². The third-order valence-corrected chi connectivity index (χ3v) is 2.52.